The molecular formula is C25H32B3N7O4. The number of carbonyl (C=O) groups excluding carboxylic acids is 2. The van der Waals surface area contributed by atoms with E-state index in [1.807, 2.05) is 41.7 Å². The summed E-state index contributed by atoms with van der Waals surface area (Å²) in [5, 5.41) is 12.9. The predicted molar refractivity (Wildman–Crippen MR) is 155 cm³/mol. The van der Waals surface area contributed by atoms with Crippen LogP contribution in [0.5, 0.6) is 5.75 Å². The second kappa shape index (κ2) is 11.1. The summed E-state index contributed by atoms with van der Waals surface area (Å²) in [6.07, 6.45) is 5.59. The van der Waals surface area contributed by atoms with Crippen LogP contribution in [0.3, 0.4) is 0 Å². The molecule has 0 atom stereocenters. The third kappa shape index (κ3) is 6.62. The van der Waals surface area contributed by atoms with Crippen molar-refractivity contribution in [2.75, 3.05) is 30.8 Å². The molecule has 2 amide bonds. The minimum absolute atomic E-state index is 0.0219. The highest BCUT2D eigenvalue weighted by Crippen LogP contribution is 2.38. The summed E-state index contributed by atoms with van der Waals surface area (Å²) < 4.78 is 11.4. The summed E-state index contributed by atoms with van der Waals surface area (Å²) in [6.45, 7) is 2.71. The van der Waals surface area contributed by atoms with Crippen LogP contribution in [-0.2, 0) is 11.3 Å². The molecule has 1 saturated carbocycles. The van der Waals surface area contributed by atoms with Crippen molar-refractivity contribution in [3.05, 3.63) is 41.9 Å². The molecule has 0 radical (unpaired) electrons. The number of methoxy groups -OCH3 is 1. The Hall–Kier alpha value is -3.80. The monoisotopic (exact) mass is 527 g/mol. The molecule has 2 aromatic heterocycles. The van der Waals surface area contributed by atoms with Crippen LogP contribution in [0.15, 0.2) is 35.0 Å². The zero-order valence-electron chi connectivity index (χ0n) is 22.8. The molecule has 200 valence electrons. The molecule has 2 fully saturated rings. The van der Waals surface area contributed by atoms with Crippen molar-refractivity contribution in [3.8, 4) is 17.2 Å². The molecule has 39 heavy (non-hydrogen) atoms. The molecule has 3 aromatic rings. The minimum Gasteiger partial charge on any atom is -0.494 e. The van der Waals surface area contributed by atoms with E-state index in [4.69, 9.17) is 9.26 Å². The van der Waals surface area contributed by atoms with Gasteiger partial charge in [-0.15, -0.1) is 0 Å². The molecule has 1 aliphatic carbocycles. The van der Waals surface area contributed by atoms with Gasteiger partial charge in [-0.1, -0.05) is 11.2 Å². The fourth-order valence-corrected chi connectivity index (χ4v) is 4.53. The molecule has 0 spiro atoms. The van der Waals surface area contributed by atoms with Crippen molar-refractivity contribution in [1.82, 2.24) is 25.3 Å². The lowest BCUT2D eigenvalue weighted by Crippen LogP contribution is -2.50. The number of nitrogens with zero attached hydrogens (tertiary/aromatic N) is 4. The van der Waals surface area contributed by atoms with Crippen LogP contribution in [0, 0.1) is 5.92 Å². The Balaban J connectivity index is 1.45. The van der Waals surface area contributed by atoms with E-state index in [-0.39, 0.29) is 17.7 Å². The fourth-order valence-electron chi connectivity index (χ4n) is 4.53. The summed E-state index contributed by atoms with van der Waals surface area (Å²) >= 11 is 0. The SMILES string of the molecule is BC(B)(B)NC(=O)c1cnc(NC(=O)C2CC2)cc1Nc1cccc(-c2nc(CN3CCCC3)no2)c1OC. The number of ether oxygens (including phenoxy) is 1. The Morgan fingerprint density at radius 3 is 2.64 bits per heavy atom. The average Bonchev–Trinajstić information content (AvgIpc) is 3.43. The Morgan fingerprint density at radius 2 is 1.95 bits per heavy atom. The Labute approximate surface area is 230 Å². The van der Waals surface area contributed by atoms with Gasteiger partial charge in [-0.2, -0.15) is 4.98 Å². The number of amides is 2. The van der Waals surface area contributed by atoms with Crippen LogP contribution >= 0.6 is 0 Å². The lowest BCUT2D eigenvalue weighted by atomic mass is 9.49. The van der Waals surface area contributed by atoms with E-state index in [1.54, 1.807) is 13.2 Å². The minimum atomic E-state index is -0.449. The van der Waals surface area contributed by atoms with Crippen LogP contribution in [0.25, 0.3) is 11.5 Å². The van der Waals surface area contributed by atoms with Gasteiger partial charge in [-0.3, -0.25) is 14.5 Å². The number of nitrogens with one attached hydrogen (secondary N) is 3. The first-order chi connectivity index (χ1) is 18.7. The predicted octanol–water partition coefficient (Wildman–Crippen LogP) is 0.0685. The van der Waals surface area contributed by atoms with Gasteiger partial charge in [0.05, 0.1) is 36.2 Å². The van der Waals surface area contributed by atoms with Crippen LogP contribution < -0.4 is 20.7 Å². The lowest BCUT2D eigenvalue weighted by Gasteiger charge is -2.22. The first-order valence-electron chi connectivity index (χ1n) is 13.3. The summed E-state index contributed by atoms with van der Waals surface area (Å²) in [5.74, 6) is 1.48. The maximum Gasteiger partial charge on any atom is 0.261 e. The van der Waals surface area contributed by atoms with Crippen molar-refractivity contribution in [2.24, 2.45) is 5.92 Å². The number of carbonyl (C=O) groups is 2. The largest absolute Gasteiger partial charge is 0.494 e. The van der Waals surface area contributed by atoms with Crippen molar-refractivity contribution in [2.45, 2.75) is 37.5 Å². The van der Waals surface area contributed by atoms with E-state index < -0.39 is 5.24 Å². The van der Waals surface area contributed by atoms with Gasteiger partial charge in [0.2, 0.25) is 5.91 Å². The van der Waals surface area contributed by atoms with Gasteiger partial charge >= 0.3 is 0 Å². The topological polar surface area (TPSA) is 135 Å². The number of para-hydroxylation sites is 1. The van der Waals surface area contributed by atoms with Gasteiger partial charge in [0.1, 0.15) is 29.4 Å². The molecule has 3 heterocycles. The van der Waals surface area contributed by atoms with Gasteiger partial charge in [-0.05, 0) is 56.1 Å². The van der Waals surface area contributed by atoms with Crippen LogP contribution in [0.1, 0.15) is 41.9 Å². The number of hydrogen-bond acceptors (Lipinski definition) is 9. The zero-order chi connectivity index (χ0) is 27.6. The van der Waals surface area contributed by atoms with Gasteiger partial charge in [0.15, 0.2) is 11.6 Å². The molecule has 14 heteroatoms. The van der Waals surface area contributed by atoms with Crippen LogP contribution in [0.4, 0.5) is 17.2 Å². The average molecular weight is 527 g/mol. The molecule has 1 saturated heterocycles. The van der Waals surface area contributed by atoms with Crippen LogP contribution in [-0.4, -0.2) is 80.8 Å². The van der Waals surface area contributed by atoms with Crippen molar-refractivity contribution in [3.63, 3.8) is 0 Å². The van der Waals surface area contributed by atoms with Crippen molar-refractivity contribution < 1.29 is 18.8 Å². The van der Waals surface area contributed by atoms with Crippen LogP contribution in [0.2, 0.25) is 0 Å². The molecule has 5 rings (SSSR count). The standard InChI is InChI=1S/C25H32B3N7O4/c1-38-21-15(24-32-20(34-39-24)13-35-9-2-3-10-35)5-4-6-17(21)30-18-11-19(31-22(36)14-7-8-14)29-12-16(18)23(37)33-25(26,27)28/h4-6,11-12,14H,2-3,7-10,13,26-28H2,1H3,(H,33,37)(H2,29,30,31,36). The molecule has 1 aliphatic heterocycles. The molecule has 3 N–H and O–H groups in total. The quantitative estimate of drug-likeness (QED) is 0.314. The van der Waals surface area contributed by atoms with E-state index in [0.717, 1.165) is 25.9 Å². The van der Waals surface area contributed by atoms with Gasteiger partial charge in [0.25, 0.3) is 11.8 Å². The smallest absolute Gasteiger partial charge is 0.261 e. The fraction of sp³-hybridized carbons (Fsp3) is 0.400. The summed E-state index contributed by atoms with van der Waals surface area (Å²) in [4.78, 5) is 36.8. The van der Waals surface area contributed by atoms with E-state index in [9.17, 15) is 9.59 Å². The number of anilines is 3. The van der Waals surface area contributed by atoms with E-state index in [0.29, 0.717) is 52.3 Å². The lowest BCUT2D eigenvalue weighted by molar-refractivity contribution is -0.117. The molecule has 1 aromatic carbocycles. The van der Waals surface area contributed by atoms with Crippen molar-refractivity contribution >= 4 is 52.5 Å². The van der Waals surface area contributed by atoms with Gasteiger partial charge in [-0.25, -0.2) is 4.98 Å². The number of rotatable bonds is 10. The highest BCUT2D eigenvalue weighted by Gasteiger charge is 2.30. The van der Waals surface area contributed by atoms with E-state index in [2.05, 4.69) is 36.0 Å². The summed E-state index contributed by atoms with van der Waals surface area (Å²) in [6, 6.07) is 7.18. The number of benzene rings is 1. The molecule has 2 aliphatic rings. The number of hydrogen-bond donors (Lipinski definition) is 3. The van der Waals surface area contributed by atoms with E-state index in [1.165, 1.54) is 19.0 Å². The number of likely N-dealkylation sites (tertiary alicyclic amines) is 1. The van der Waals surface area contributed by atoms with E-state index >= 15 is 0 Å². The first kappa shape index (κ1) is 26.8. The third-order valence-corrected chi connectivity index (χ3v) is 6.59. The Morgan fingerprint density at radius 1 is 1.18 bits per heavy atom. The Kier molecular flexibility index (Phi) is 7.65. The van der Waals surface area contributed by atoms with Gasteiger partial charge < -0.3 is 25.2 Å². The third-order valence-electron chi connectivity index (χ3n) is 6.59. The second-order valence-electron chi connectivity index (χ2n) is 11.1. The summed E-state index contributed by atoms with van der Waals surface area (Å²) in [5.41, 5.74) is 2.01. The molecular weight excluding hydrogens is 495 g/mol. The first-order valence-corrected chi connectivity index (χ1v) is 13.3. The molecule has 0 bridgehead atoms. The molecule has 0 unspecified atom stereocenters. The second-order valence-corrected chi connectivity index (χ2v) is 11.1. The summed E-state index contributed by atoms with van der Waals surface area (Å²) in [7, 11) is 7.28. The number of aromatic nitrogens is 3. The van der Waals surface area contributed by atoms with Crippen molar-refractivity contribution in [1.29, 1.82) is 0 Å². The Bertz CT molecular complexity index is 1370. The maximum absolute atomic E-state index is 13.2. The highest BCUT2D eigenvalue weighted by atomic mass is 16.5. The maximum atomic E-state index is 13.2. The zero-order valence-corrected chi connectivity index (χ0v) is 22.8. The van der Waals surface area contributed by atoms with Gasteiger partial charge in [0, 0.05) is 18.2 Å². The number of pyridine rings is 1. The molecule has 11 nitrogen and oxygen atoms in total. The normalized spacial score (nSPS) is 15.6. The highest BCUT2D eigenvalue weighted by molar-refractivity contribution is 6.60.